The van der Waals surface area contributed by atoms with E-state index in [4.69, 9.17) is 9.73 Å². The number of benzene rings is 1. The van der Waals surface area contributed by atoms with Gasteiger partial charge in [0.2, 0.25) is 0 Å². The summed E-state index contributed by atoms with van der Waals surface area (Å²) in [4.78, 5) is 4.85. The highest BCUT2D eigenvalue weighted by Crippen LogP contribution is 2.34. The van der Waals surface area contributed by atoms with Gasteiger partial charge in [-0.05, 0) is 44.6 Å². The SMILES string of the molecule is CCNC(=NCC1CCOC1c1ccccc1)NC(C)CCC(C)C.I. The first-order valence-corrected chi connectivity index (χ1v) is 9.81. The lowest BCUT2D eigenvalue weighted by Gasteiger charge is -2.21. The largest absolute Gasteiger partial charge is 0.373 e. The summed E-state index contributed by atoms with van der Waals surface area (Å²) < 4.78 is 5.98. The molecule has 1 aromatic carbocycles. The van der Waals surface area contributed by atoms with Gasteiger partial charge in [-0.2, -0.15) is 0 Å². The molecule has 0 bridgehead atoms. The van der Waals surface area contributed by atoms with Crippen molar-refractivity contribution in [2.24, 2.45) is 16.8 Å². The normalized spacial score (nSPS) is 21.3. The van der Waals surface area contributed by atoms with Crippen LogP contribution in [0.3, 0.4) is 0 Å². The maximum atomic E-state index is 5.98. The number of nitrogens with one attached hydrogen (secondary N) is 2. The van der Waals surface area contributed by atoms with Crippen molar-refractivity contribution in [3.05, 3.63) is 35.9 Å². The van der Waals surface area contributed by atoms with E-state index < -0.39 is 0 Å². The van der Waals surface area contributed by atoms with Crippen molar-refractivity contribution in [3.8, 4) is 0 Å². The van der Waals surface area contributed by atoms with Crippen LogP contribution in [0.1, 0.15) is 58.6 Å². The molecule has 148 valence electrons. The highest BCUT2D eigenvalue weighted by molar-refractivity contribution is 14.0. The third-order valence-electron chi connectivity index (χ3n) is 4.73. The van der Waals surface area contributed by atoms with Crippen LogP contribution >= 0.6 is 24.0 Å². The van der Waals surface area contributed by atoms with E-state index in [1.165, 1.54) is 18.4 Å². The second kappa shape index (κ2) is 12.5. The lowest BCUT2D eigenvalue weighted by Crippen LogP contribution is -2.42. The van der Waals surface area contributed by atoms with Crippen LogP contribution in [0.2, 0.25) is 0 Å². The molecule has 5 heteroatoms. The fourth-order valence-corrected chi connectivity index (χ4v) is 3.25. The van der Waals surface area contributed by atoms with Crippen LogP contribution in [0.25, 0.3) is 0 Å². The molecule has 2 N–H and O–H groups in total. The number of hydrogen-bond donors (Lipinski definition) is 2. The molecule has 26 heavy (non-hydrogen) atoms. The van der Waals surface area contributed by atoms with Crippen LogP contribution in [0.5, 0.6) is 0 Å². The lowest BCUT2D eigenvalue weighted by molar-refractivity contribution is 0.0925. The highest BCUT2D eigenvalue weighted by atomic mass is 127. The zero-order valence-electron chi connectivity index (χ0n) is 16.7. The third-order valence-corrected chi connectivity index (χ3v) is 4.73. The number of nitrogens with zero attached hydrogens (tertiary/aromatic N) is 1. The van der Waals surface area contributed by atoms with Crippen LogP contribution in [0.15, 0.2) is 35.3 Å². The first kappa shape index (κ1) is 23.2. The Balaban J connectivity index is 0.00000338. The summed E-state index contributed by atoms with van der Waals surface area (Å²) in [5, 5.41) is 6.93. The predicted molar refractivity (Wildman–Crippen MR) is 121 cm³/mol. The van der Waals surface area contributed by atoms with E-state index in [2.05, 4.69) is 68.7 Å². The summed E-state index contributed by atoms with van der Waals surface area (Å²) in [5.74, 6) is 2.12. The molecule has 0 spiro atoms. The van der Waals surface area contributed by atoms with Crippen LogP contribution in [-0.4, -0.2) is 31.7 Å². The van der Waals surface area contributed by atoms with Gasteiger partial charge in [0, 0.05) is 31.7 Å². The van der Waals surface area contributed by atoms with Crippen molar-refractivity contribution in [1.29, 1.82) is 0 Å². The van der Waals surface area contributed by atoms with Crippen molar-refractivity contribution in [2.45, 2.75) is 59.1 Å². The Morgan fingerprint density at radius 3 is 2.58 bits per heavy atom. The lowest BCUT2D eigenvalue weighted by atomic mass is 9.95. The first-order chi connectivity index (χ1) is 12.1. The van der Waals surface area contributed by atoms with Gasteiger partial charge in [0.15, 0.2) is 5.96 Å². The zero-order chi connectivity index (χ0) is 18.1. The number of aliphatic imine (C=N–C) groups is 1. The summed E-state index contributed by atoms with van der Waals surface area (Å²) in [6.45, 7) is 11.4. The molecule has 1 fully saturated rings. The molecule has 0 radical (unpaired) electrons. The van der Waals surface area contributed by atoms with Gasteiger partial charge in [0.25, 0.3) is 0 Å². The van der Waals surface area contributed by atoms with Gasteiger partial charge in [-0.15, -0.1) is 24.0 Å². The van der Waals surface area contributed by atoms with Crippen molar-refractivity contribution in [1.82, 2.24) is 10.6 Å². The number of rotatable bonds is 8. The molecule has 0 saturated carbocycles. The van der Waals surface area contributed by atoms with E-state index in [1.807, 2.05) is 0 Å². The Labute approximate surface area is 176 Å². The number of hydrogen-bond acceptors (Lipinski definition) is 2. The van der Waals surface area contributed by atoms with Crippen molar-refractivity contribution < 1.29 is 4.74 Å². The van der Waals surface area contributed by atoms with Gasteiger partial charge in [-0.25, -0.2) is 0 Å². The summed E-state index contributed by atoms with van der Waals surface area (Å²) in [6, 6.07) is 11.0. The Kier molecular flexibility index (Phi) is 11.2. The Morgan fingerprint density at radius 1 is 1.19 bits per heavy atom. The molecule has 0 amide bonds. The maximum Gasteiger partial charge on any atom is 0.191 e. The molecule has 1 saturated heterocycles. The minimum atomic E-state index is 0. The molecule has 4 nitrogen and oxygen atoms in total. The molecule has 3 atom stereocenters. The second-order valence-electron chi connectivity index (χ2n) is 7.49. The average Bonchev–Trinajstić information content (AvgIpc) is 3.07. The molecule has 1 aliphatic heterocycles. The van der Waals surface area contributed by atoms with Crippen molar-refractivity contribution >= 4 is 29.9 Å². The average molecular weight is 473 g/mol. The smallest absolute Gasteiger partial charge is 0.191 e. The van der Waals surface area contributed by atoms with E-state index in [0.29, 0.717) is 12.0 Å². The van der Waals surface area contributed by atoms with E-state index in [-0.39, 0.29) is 30.1 Å². The Bertz CT molecular complexity index is 521. The van der Waals surface area contributed by atoms with Crippen LogP contribution < -0.4 is 10.6 Å². The van der Waals surface area contributed by atoms with Crippen LogP contribution in [0.4, 0.5) is 0 Å². The van der Waals surface area contributed by atoms with E-state index in [1.54, 1.807) is 0 Å². The third kappa shape index (κ3) is 7.82. The molecule has 0 aromatic heterocycles. The van der Waals surface area contributed by atoms with Crippen molar-refractivity contribution in [2.75, 3.05) is 19.7 Å². The van der Waals surface area contributed by atoms with E-state index >= 15 is 0 Å². The molecule has 1 heterocycles. The molecular formula is C21H36IN3O. The number of halogens is 1. The van der Waals surface area contributed by atoms with Gasteiger partial charge < -0.3 is 15.4 Å². The summed E-state index contributed by atoms with van der Waals surface area (Å²) in [7, 11) is 0. The maximum absolute atomic E-state index is 5.98. The minimum absolute atomic E-state index is 0. The van der Waals surface area contributed by atoms with Crippen LogP contribution in [0, 0.1) is 11.8 Å². The molecule has 0 aliphatic carbocycles. The van der Waals surface area contributed by atoms with Gasteiger partial charge in [0.1, 0.15) is 0 Å². The topological polar surface area (TPSA) is 45.7 Å². The van der Waals surface area contributed by atoms with Gasteiger partial charge >= 0.3 is 0 Å². The summed E-state index contributed by atoms with van der Waals surface area (Å²) in [5.41, 5.74) is 1.27. The summed E-state index contributed by atoms with van der Waals surface area (Å²) >= 11 is 0. The number of ether oxygens (including phenoxy) is 1. The van der Waals surface area contributed by atoms with E-state index in [0.717, 1.165) is 38.0 Å². The minimum Gasteiger partial charge on any atom is -0.373 e. The second-order valence-corrected chi connectivity index (χ2v) is 7.49. The van der Waals surface area contributed by atoms with E-state index in [9.17, 15) is 0 Å². The highest BCUT2D eigenvalue weighted by Gasteiger charge is 2.29. The zero-order valence-corrected chi connectivity index (χ0v) is 19.0. The molecule has 1 aromatic rings. The molecule has 3 unspecified atom stereocenters. The number of guanidine groups is 1. The fraction of sp³-hybridized carbons (Fsp3) is 0.667. The molecule has 1 aliphatic rings. The van der Waals surface area contributed by atoms with Gasteiger partial charge in [-0.1, -0.05) is 44.2 Å². The molecular weight excluding hydrogens is 437 g/mol. The quantitative estimate of drug-likeness (QED) is 0.325. The predicted octanol–water partition coefficient (Wildman–Crippen LogP) is 4.76. The molecule has 2 rings (SSSR count). The van der Waals surface area contributed by atoms with Crippen molar-refractivity contribution in [3.63, 3.8) is 0 Å². The monoisotopic (exact) mass is 473 g/mol. The fourth-order valence-electron chi connectivity index (χ4n) is 3.25. The Hall–Kier alpha value is -0.820. The first-order valence-electron chi connectivity index (χ1n) is 9.81. The standard InChI is InChI=1S/C21H35N3O.HI/c1-5-22-21(24-17(4)12-11-16(2)3)23-15-19-13-14-25-20(19)18-9-7-6-8-10-18;/h6-10,16-17,19-20H,5,11-15H2,1-4H3,(H2,22,23,24);1H. The van der Waals surface area contributed by atoms with Gasteiger partial charge in [0.05, 0.1) is 6.10 Å². The van der Waals surface area contributed by atoms with Gasteiger partial charge in [-0.3, -0.25) is 4.99 Å². The van der Waals surface area contributed by atoms with Crippen LogP contribution in [-0.2, 0) is 4.74 Å². The summed E-state index contributed by atoms with van der Waals surface area (Å²) in [6.07, 6.45) is 3.65. The Morgan fingerprint density at radius 2 is 1.92 bits per heavy atom.